The topological polar surface area (TPSA) is 49.4 Å². The third-order valence-electron chi connectivity index (χ3n) is 5.54. The normalized spacial score (nSPS) is 15.9. The van der Waals surface area contributed by atoms with E-state index in [0.717, 1.165) is 27.9 Å². The average molecular weight is 431 g/mol. The van der Waals surface area contributed by atoms with Crippen LogP contribution in [0, 0.1) is 20.8 Å². The number of anilines is 1. The van der Waals surface area contributed by atoms with Crippen molar-refractivity contribution < 1.29 is 9.59 Å². The summed E-state index contributed by atoms with van der Waals surface area (Å²) in [4.78, 5) is 27.2. The summed E-state index contributed by atoms with van der Waals surface area (Å²) in [5, 5.41) is 3.02. The Bertz CT molecular complexity index is 1090. The van der Waals surface area contributed by atoms with Crippen molar-refractivity contribution in [2.75, 3.05) is 11.1 Å². The molecule has 0 aliphatic carbocycles. The van der Waals surface area contributed by atoms with E-state index in [1.807, 2.05) is 73.3 Å². The van der Waals surface area contributed by atoms with Gasteiger partial charge in [0, 0.05) is 17.8 Å². The summed E-state index contributed by atoms with van der Waals surface area (Å²) in [5.74, 6) is 0.495. The molecule has 0 radical (unpaired) electrons. The van der Waals surface area contributed by atoms with E-state index in [2.05, 4.69) is 24.4 Å². The van der Waals surface area contributed by atoms with Crippen LogP contribution in [0.2, 0.25) is 0 Å². The first-order valence-electron chi connectivity index (χ1n) is 10.4. The van der Waals surface area contributed by atoms with Crippen LogP contribution in [-0.4, -0.2) is 22.5 Å². The summed E-state index contributed by atoms with van der Waals surface area (Å²) in [6.45, 7) is 6.66. The Balaban J connectivity index is 1.50. The minimum absolute atomic E-state index is 0.0357. The zero-order valence-electron chi connectivity index (χ0n) is 18.0. The number of benzene rings is 3. The first-order chi connectivity index (χ1) is 14.9. The molecule has 0 saturated carbocycles. The minimum Gasteiger partial charge on any atom is -0.322 e. The first kappa shape index (κ1) is 21.2. The zero-order valence-corrected chi connectivity index (χ0v) is 18.8. The second kappa shape index (κ2) is 8.98. The van der Waals surface area contributed by atoms with Gasteiger partial charge in [-0.25, -0.2) is 0 Å². The fraction of sp³-hybridized carbons (Fsp3) is 0.231. The van der Waals surface area contributed by atoms with Crippen LogP contribution in [0.15, 0.2) is 66.7 Å². The molecule has 0 bridgehead atoms. The van der Waals surface area contributed by atoms with E-state index >= 15 is 0 Å². The van der Waals surface area contributed by atoms with Crippen molar-refractivity contribution in [3.63, 3.8) is 0 Å². The Morgan fingerprint density at radius 3 is 2.29 bits per heavy atom. The maximum Gasteiger partial charge on any atom is 0.255 e. The summed E-state index contributed by atoms with van der Waals surface area (Å²) in [6.07, 6.45) is 0. The summed E-state index contributed by atoms with van der Waals surface area (Å²) in [5.41, 5.74) is 6.91. The van der Waals surface area contributed by atoms with Crippen molar-refractivity contribution in [1.82, 2.24) is 4.90 Å². The van der Waals surface area contributed by atoms with Gasteiger partial charge in [-0.15, -0.1) is 11.8 Å². The fourth-order valence-electron chi connectivity index (χ4n) is 4.04. The number of carbonyl (C=O) groups excluding carboxylic acids is 2. The van der Waals surface area contributed by atoms with Gasteiger partial charge in [-0.3, -0.25) is 9.59 Å². The predicted octanol–water partition coefficient (Wildman–Crippen LogP) is 5.64. The number of nitrogens with zero attached hydrogens (tertiary/aromatic N) is 1. The molecule has 0 aromatic heterocycles. The number of aryl methyl sites for hydroxylation is 3. The molecule has 1 atom stereocenters. The van der Waals surface area contributed by atoms with Gasteiger partial charge < -0.3 is 10.2 Å². The Morgan fingerprint density at radius 2 is 1.65 bits per heavy atom. The molecule has 4 rings (SSSR count). The van der Waals surface area contributed by atoms with Gasteiger partial charge in [0.25, 0.3) is 5.91 Å². The lowest BCUT2D eigenvalue weighted by molar-refractivity contribution is -0.128. The summed E-state index contributed by atoms with van der Waals surface area (Å²) in [6, 6.07) is 21.8. The third kappa shape index (κ3) is 4.67. The zero-order chi connectivity index (χ0) is 22.0. The Labute approximate surface area is 187 Å². The molecule has 0 unspecified atom stereocenters. The summed E-state index contributed by atoms with van der Waals surface area (Å²) in [7, 11) is 0. The van der Waals surface area contributed by atoms with Crippen molar-refractivity contribution in [3.8, 4) is 0 Å². The molecule has 1 N–H and O–H groups in total. The molecule has 1 fully saturated rings. The van der Waals surface area contributed by atoms with Gasteiger partial charge in [0.1, 0.15) is 5.37 Å². The lowest BCUT2D eigenvalue weighted by Crippen LogP contribution is -2.27. The van der Waals surface area contributed by atoms with E-state index in [9.17, 15) is 9.59 Å². The molecule has 158 valence electrons. The first-order valence-corrected chi connectivity index (χ1v) is 11.4. The highest BCUT2D eigenvalue weighted by Gasteiger charge is 2.32. The highest BCUT2D eigenvalue weighted by Crippen LogP contribution is 2.39. The van der Waals surface area contributed by atoms with Crippen LogP contribution in [0.4, 0.5) is 5.69 Å². The van der Waals surface area contributed by atoms with E-state index in [0.29, 0.717) is 17.9 Å². The smallest absolute Gasteiger partial charge is 0.255 e. The van der Waals surface area contributed by atoms with Crippen molar-refractivity contribution in [2.24, 2.45) is 0 Å². The lowest BCUT2D eigenvalue weighted by Gasteiger charge is -2.24. The van der Waals surface area contributed by atoms with Gasteiger partial charge >= 0.3 is 0 Å². The van der Waals surface area contributed by atoms with Crippen LogP contribution >= 0.6 is 11.8 Å². The second-order valence-electron chi connectivity index (χ2n) is 8.02. The van der Waals surface area contributed by atoms with Gasteiger partial charge in [0.15, 0.2) is 0 Å². The van der Waals surface area contributed by atoms with Gasteiger partial charge in [0.05, 0.1) is 5.75 Å². The number of rotatable bonds is 5. The largest absolute Gasteiger partial charge is 0.322 e. The van der Waals surface area contributed by atoms with E-state index in [-0.39, 0.29) is 17.2 Å². The second-order valence-corrected chi connectivity index (χ2v) is 9.09. The third-order valence-corrected chi connectivity index (χ3v) is 6.79. The van der Waals surface area contributed by atoms with Crippen LogP contribution in [0.5, 0.6) is 0 Å². The molecule has 1 saturated heterocycles. The highest BCUT2D eigenvalue weighted by molar-refractivity contribution is 8.00. The fourth-order valence-corrected chi connectivity index (χ4v) is 5.23. The number of hydrogen-bond acceptors (Lipinski definition) is 3. The molecule has 1 aliphatic rings. The highest BCUT2D eigenvalue weighted by atomic mass is 32.2. The van der Waals surface area contributed by atoms with Gasteiger partial charge in [-0.1, -0.05) is 60.2 Å². The maximum atomic E-state index is 12.8. The van der Waals surface area contributed by atoms with Crippen molar-refractivity contribution in [3.05, 3.63) is 100 Å². The lowest BCUT2D eigenvalue weighted by atomic mass is 10.0. The molecule has 3 aromatic rings. The van der Waals surface area contributed by atoms with E-state index in [1.54, 1.807) is 11.8 Å². The molecule has 1 heterocycles. The van der Waals surface area contributed by atoms with Crippen LogP contribution in [0.3, 0.4) is 0 Å². The minimum atomic E-state index is -0.127. The molecule has 31 heavy (non-hydrogen) atoms. The molecule has 2 amide bonds. The molecule has 4 nitrogen and oxygen atoms in total. The van der Waals surface area contributed by atoms with Gasteiger partial charge in [-0.05, 0) is 55.2 Å². The maximum absolute atomic E-state index is 12.8. The number of hydrogen-bond donors (Lipinski definition) is 1. The van der Waals surface area contributed by atoms with Crippen molar-refractivity contribution >= 4 is 29.3 Å². The molecule has 3 aromatic carbocycles. The molecule has 0 spiro atoms. The molecular formula is C26H26N2O2S. The SMILES string of the molecule is Cc1cc(C)c(NC(=O)c2ccc([C@@H]3SCC(=O)N3Cc3ccccc3)cc2)c(C)c1. The Kier molecular flexibility index (Phi) is 6.14. The van der Waals surface area contributed by atoms with Gasteiger partial charge in [-0.2, -0.15) is 0 Å². The quantitative estimate of drug-likeness (QED) is 0.570. The van der Waals surface area contributed by atoms with E-state index < -0.39 is 0 Å². The van der Waals surface area contributed by atoms with Crippen LogP contribution in [-0.2, 0) is 11.3 Å². The number of nitrogens with one attached hydrogen (secondary N) is 1. The van der Waals surface area contributed by atoms with Crippen LogP contribution in [0.25, 0.3) is 0 Å². The Hall–Kier alpha value is -3.05. The van der Waals surface area contributed by atoms with Crippen molar-refractivity contribution in [1.29, 1.82) is 0 Å². The van der Waals surface area contributed by atoms with E-state index in [4.69, 9.17) is 0 Å². The predicted molar refractivity (Wildman–Crippen MR) is 127 cm³/mol. The molecule has 5 heteroatoms. The summed E-state index contributed by atoms with van der Waals surface area (Å²) < 4.78 is 0. The summed E-state index contributed by atoms with van der Waals surface area (Å²) >= 11 is 1.63. The standard InChI is InChI=1S/C26H26N2O2S/c1-17-13-18(2)24(19(3)14-17)27-25(30)21-9-11-22(12-10-21)26-28(23(29)16-31-26)15-20-7-5-4-6-8-20/h4-14,26H,15-16H2,1-3H3,(H,27,30)/t26-/m0/s1. The molecular weight excluding hydrogens is 404 g/mol. The van der Waals surface area contributed by atoms with Crippen LogP contribution in [0.1, 0.15) is 43.5 Å². The average Bonchev–Trinajstić information content (AvgIpc) is 3.11. The van der Waals surface area contributed by atoms with Crippen molar-refractivity contribution in [2.45, 2.75) is 32.7 Å². The monoisotopic (exact) mass is 430 g/mol. The number of amides is 2. The number of thioether (sulfide) groups is 1. The van der Waals surface area contributed by atoms with Gasteiger partial charge in [0.2, 0.25) is 5.91 Å². The van der Waals surface area contributed by atoms with E-state index in [1.165, 1.54) is 5.56 Å². The Morgan fingerprint density at radius 1 is 1.00 bits per heavy atom. The number of carbonyl (C=O) groups is 2. The van der Waals surface area contributed by atoms with Crippen LogP contribution < -0.4 is 5.32 Å². The molecule has 1 aliphatic heterocycles.